The minimum absolute atomic E-state index is 0.510. The van der Waals surface area contributed by atoms with Crippen LogP contribution in [0.3, 0.4) is 0 Å². The van der Waals surface area contributed by atoms with Crippen LogP contribution in [0.4, 0.5) is 0 Å². The summed E-state index contributed by atoms with van der Waals surface area (Å²) in [6, 6.07) is 0.850. The third kappa shape index (κ3) is 5.36. The quantitative estimate of drug-likeness (QED) is 0.740. The van der Waals surface area contributed by atoms with Gasteiger partial charge in [0.25, 0.3) is 0 Å². The summed E-state index contributed by atoms with van der Waals surface area (Å²) in [5.41, 5.74) is -0.510. The molecule has 2 N–H and O–H groups in total. The molecule has 100 valence electrons. The molecule has 1 heterocycles. The van der Waals surface area contributed by atoms with E-state index in [1.165, 1.54) is 45.3 Å². The number of likely N-dealkylation sites (tertiary alicyclic amines) is 1. The molecule has 1 aliphatic heterocycles. The average molecular weight is 240 g/mol. The van der Waals surface area contributed by atoms with Crippen molar-refractivity contribution >= 4 is 0 Å². The van der Waals surface area contributed by atoms with Gasteiger partial charge < -0.3 is 15.3 Å². The molecule has 3 nitrogen and oxygen atoms in total. The summed E-state index contributed by atoms with van der Waals surface area (Å²) in [6.07, 6.45) is 6.32. The number of rotatable bonds is 6. The Labute approximate surface area is 106 Å². The molecule has 3 heteroatoms. The normalized spacial score (nSPS) is 24.2. The number of hydrogen-bond acceptors (Lipinski definition) is 3. The van der Waals surface area contributed by atoms with E-state index in [0.717, 1.165) is 24.9 Å². The summed E-state index contributed by atoms with van der Waals surface area (Å²) in [6.45, 7) is 8.51. The Morgan fingerprint density at radius 3 is 2.35 bits per heavy atom. The zero-order chi connectivity index (χ0) is 12.3. The van der Waals surface area contributed by atoms with Crippen molar-refractivity contribution < 1.29 is 5.11 Å². The first-order chi connectivity index (χ1) is 8.03. The fraction of sp³-hybridized carbons (Fsp3) is 1.00. The van der Waals surface area contributed by atoms with E-state index in [-0.39, 0.29) is 0 Å². The summed E-state index contributed by atoms with van der Waals surface area (Å²) in [4.78, 5) is 2.51. The van der Waals surface area contributed by atoms with E-state index in [0.29, 0.717) is 0 Å². The van der Waals surface area contributed by atoms with Gasteiger partial charge in [-0.1, -0.05) is 0 Å². The summed E-state index contributed by atoms with van der Waals surface area (Å²) in [5.74, 6) is 0.883. The van der Waals surface area contributed by atoms with Crippen molar-refractivity contribution in [3.63, 3.8) is 0 Å². The number of aliphatic hydroxyl groups is 1. The summed E-state index contributed by atoms with van der Waals surface area (Å²) >= 11 is 0. The SMILES string of the molecule is CC(C)(O)CCN1CCC(CNC2CC2)CC1. The van der Waals surface area contributed by atoms with Crippen molar-refractivity contribution in [2.45, 2.75) is 57.6 Å². The second-order valence-corrected chi connectivity index (χ2v) is 6.53. The average Bonchev–Trinajstić information content (AvgIpc) is 3.08. The van der Waals surface area contributed by atoms with E-state index in [2.05, 4.69) is 10.2 Å². The van der Waals surface area contributed by atoms with Crippen molar-refractivity contribution in [3.05, 3.63) is 0 Å². The van der Waals surface area contributed by atoms with Crippen LogP contribution in [0.1, 0.15) is 46.0 Å². The van der Waals surface area contributed by atoms with Gasteiger partial charge in [-0.05, 0) is 71.5 Å². The van der Waals surface area contributed by atoms with Gasteiger partial charge >= 0.3 is 0 Å². The Balaban J connectivity index is 1.56. The Hall–Kier alpha value is -0.120. The fourth-order valence-electron chi connectivity index (χ4n) is 2.47. The lowest BCUT2D eigenvalue weighted by Gasteiger charge is -2.33. The van der Waals surface area contributed by atoms with Crippen LogP contribution in [0.2, 0.25) is 0 Å². The number of nitrogens with one attached hydrogen (secondary N) is 1. The Bertz CT molecular complexity index is 225. The molecule has 2 aliphatic rings. The molecule has 2 fully saturated rings. The van der Waals surface area contributed by atoms with Crippen molar-refractivity contribution in [2.24, 2.45) is 5.92 Å². The number of nitrogens with zero attached hydrogens (tertiary/aromatic N) is 1. The van der Waals surface area contributed by atoms with Gasteiger partial charge in [0.2, 0.25) is 0 Å². The minimum atomic E-state index is -0.510. The smallest absolute Gasteiger partial charge is 0.0603 e. The molecule has 0 aromatic heterocycles. The van der Waals surface area contributed by atoms with Crippen LogP contribution in [0.15, 0.2) is 0 Å². The van der Waals surface area contributed by atoms with Crippen LogP contribution >= 0.6 is 0 Å². The van der Waals surface area contributed by atoms with Gasteiger partial charge in [0.15, 0.2) is 0 Å². The monoisotopic (exact) mass is 240 g/mol. The highest BCUT2D eigenvalue weighted by Gasteiger charge is 2.24. The van der Waals surface area contributed by atoms with E-state index < -0.39 is 5.60 Å². The maximum atomic E-state index is 9.72. The zero-order valence-corrected chi connectivity index (χ0v) is 11.4. The molecule has 1 saturated carbocycles. The summed E-state index contributed by atoms with van der Waals surface area (Å²) in [7, 11) is 0. The molecule has 1 aliphatic carbocycles. The van der Waals surface area contributed by atoms with Gasteiger partial charge in [-0.2, -0.15) is 0 Å². The zero-order valence-electron chi connectivity index (χ0n) is 11.4. The van der Waals surface area contributed by atoms with Crippen molar-refractivity contribution in [2.75, 3.05) is 26.2 Å². The van der Waals surface area contributed by atoms with E-state index in [1.54, 1.807) is 0 Å². The second-order valence-electron chi connectivity index (χ2n) is 6.53. The van der Waals surface area contributed by atoms with Crippen molar-refractivity contribution in [1.82, 2.24) is 10.2 Å². The van der Waals surface area contributed by atoms with Crippen LogP contribution in [0.25, 0.3) is 0 Å². The van der Waals surface area contributed by atoms with Crippen LogP contribution in [0.5, 0.6) is 0 Å². The highest BCUT2D eigenvalue weighted by atomic mass is 16.3. The lowest BCUT2D eigenvalue weighted by atomic mass is 9.96. The first-order valence-corrected chi connectivity index (χ1v) is 7.21. The Kier molecular flexibility index (Phi) is 4.45. The van der Waals surface area contributed by atoms with Crippen LogP contribution in [-0.4, -0.2) is 47.8 Å². The molecule has 0 aromatic carbocycles. The highest BCUT2D eigenvalue weighted by Crippen LogP contribution is 2.22. The minimum Gasteiger partial charge on any atom is -0.390 e. The summed E-state index contributed by atoms with van der Waals surface area (Å²) < 4.78 is 0. The topological polar surface area (TPSA) is 35.5 Å². The highest BCUT2D eigenvalue weighted by molar-refractivity contribution is 4.83. The van der Waals surface area contributed by atoms with Gasteiger partial charge in [0.05, 0.1) is 5.60 Å². The second kappa shape index (κ2) is 5.68. The van der Waals surface area contributed by atoms with Crippen LogP contribution < -0.4 is 5.32 Å². The molecule has 0 atom stereocenters. The van der Waals surface area contributed by atoms with Gasteiger partial charge in [-0.3, -0.25) is 0 Å². The molecule has 0 amide bonds. The molecule has 0 radical (unpaired) electrons. The van der Waals surface area contributed by atoms with E-state index in [4.69, 9.17) is 0 Å². The van der Waals surface area contributed by atoms with Gasteiger partial charge in [0, 0.05) is 12.6 Å². The molecule has 17 heavy (non-hydrogen) atoms. The van der Waals surface area contributed by atoms with E-state index in [9.17, 15) is 5.11 Å². The first-order valence-electron chi connectivity index (χ1n) is 7.21. The molecule has 2 rings (SSSR count). The maximum Gasteiger partial charge on any atom is 0.0603 e. The van der Waals surface area contributed by atoms with Crippen molar-refractivity contribution in [3.8, 4) is 0 Å². The third-order valence-corrected chi connectivity index (χ3v) is 4.02. The van der Waals surface area contributed by atoms with Gasteiger partial charge in [-0.15, -0.1) is 0 Å². The Morgan fingerprint density at radius 1 is 1.18 bits per heavy atom. The number of hydrogen-bond donors (Lipinski definition) is 2. The molecule has 1 saturated heterocycles. The molecular formula is C14H28N2O. The van der Waals surface area contributed by atoms with E-state index >= 15 is 0 Å². The number of piperidine rings is 1. The third-order valence-electron chi connectivity index (χ3n) is 4.02. The maximum absolute atomic E-state index is 9.72. The van der Waals surface area contributed by atoms with Gasteiger partial charge in [-0.25, -0.2) is 0 Å². The fourth-order valence-corrected chi connectivity index (χ4v) is 2.47. The van der Waals surface area contributed by atoms with Gasteiger partial charge in [0.1, 0.15) is 0 Å². The van der Waals surface area contributed by atoms with E-state index in [1.807, 2.05) is 13.8 Å². The summed E-state index contributed by atoms with van der Waals surface area (Å²) in [5, 5.41) is 13.4. The molecular weight excluding hydrogens is 212 g/mol. The molecule has 0 spiro atoms. The molecule has 0 unspecified atom stereocenters. The molecule has 0 aromatic rings. The lowest BCUT2D eigenvalue weighted by Crippen LogP contribution is -2.39. The predicted molar refractivity (Wildman–Crippen MR) is 71.1 cm³/mol. The lowest BCUT2D eigenvalue weighted by molar-refractivity contribution is 0.0520. The van der Waals surface area contributed by atoms with Crippen LogP contribution in [-0.2, 0) is 0 Å². The molecule has 0 bridgehead atoms. The van der Waals surface area contributed by atoms with Crippen molar-refractivity contribution in [1.29, 1.82) is 0 Å². The first kappa shape index (κ1) is 13.3. The largest absolute Gasteiger partial charge is 0.390 e. The predicted octanol–water partition coefficient (Wildman–Crippen LogP) is 1.61. The standard InChI is InChI=1S/C14H28N2O/c1-14(2,17)7-10-16-8-5-12(6-9-16)11-15-13-3-4-13/h12-13,15,17H,3-11H2,1-2H3. The van der Waals surface area contributed by atoms with Crippen LogP contribution in [0, 0.1) is 5.92 Å². The Morgan fingerprint density at radius 2 is 1.82 bits per heavy atom.